The van der Waals surface area contributed by atoms with E-state index in [1.54, 1.807) is 0 Å². The van der Waals surface area contributed by atoms with Gasteiger partial charge in [-0.2, -0.15) is 0 Å². The molecule has 1 atom stereocenters. The molecule has 26 heavy (non-hydrogen) atoms. The van der Waals surface area contributed by atoms with Crippen LogP contribution in [0.2, 0.25) is 0 Å². The van der Waals surface area contributed by atoms with Gasteiger partial charge in [0.15, 0.2) is 9.84 Å². The lowest BCUT2D eigenvalue weighted by atomic mass is 9.82. The minimum Gasteiger partial charge on any atom is -0.334 e. The molecule has 1 unspecified atom stereocenters. The quantitative estimate of drug-likeness (QED) is 0.831. The van der Waals surface area contributed by atoms with E-state index < -0.39 is 9.84 Å². The Morgan fingerprint density at radius 3 is 2.62 bits per heavy atom. The van der Waals surface area contributed by atoms with E-state index in [4.69, 9.17) is 0 Å². The van der Waals surface area contributed by atoms with Gasteiger partial charge >= 0.3 is 0 Å². The van der Waals surface area contributed by atoms with Crippen molar-refractivity contribution in [3.05, 3.63) is 46.0 Å². The predicted molar refractivity (Wildman–Crippen MR) is 104 cm³/mol. The van der Waals surface area contributed by atoms with Crippen LogP contribution in [0.4, 0.5) is 0 Å². The number of hydrogen-bond acceptors (Lipinski definition) is 3. The summed E-state index contributed by atoms with van der Waals surface area (Å²) in [6.45, 7) is 5.56. The molecule has 0 aromatic heterocycles. The van der Waals surface area contributed by atoms with Crippen LogP contribution in [0.15, 0.2) is 18.2 Å². The molecule has 2 aliphatic rings. The standard InChI is InChI=1S/C21H25NO3S/c1-4-9-22-12-19-15-8-6-14(26(3,24)25)11-18(15)17-10-13(2)5-7-16(17)20(19)21(22)23/h5,7,10,14H,4,6,8-9,11-12H2,1-3H3. The number of benzene rings is 2. The SMILES string of the molecule is CCCN1Cc2c3c(c4cc(C)ccc4c2C1=O)CC(S(C)(=O)=O)CC3. The number of carbonyl (C=O) groups is 1. The van der Waals surface area contributed by atoms with Gasteiger partial charge in [0.25, 0.3) is 5.91 Å². The molecule has 1 amide bonds. The van der Waals surface area contributed by atoms with Crippen LogP contribution in [-0.4, -0.2) is 37.3 Å². The number of rotatable bonds is 3. The number of aryl methyl sites for hydroxylation is 1. The Bertz CT molecular complexity index is 1020. The van der Waals surface area contributed by atoms with Crippen LogP contribution in [0.5, 0.6) is 0 Å². The van der Waals surface area contributed by atoms with Crippen molar-refractivity contribution in [2.24, 2.45) is 0 Å². The normalized spacial score (nSPS) is 19.7. The first-order chi connectivity index (χ1) is 12.3. The second kappa shape index (κ2) is 6.08. The van der Waals surface area contributed by atoms with Crippen molar-refractivity contribution in [2.75, 3.05) is 12.8 Å². The first-order valence-corrected chi connectivity index (χ1v) is 11.3. The molecule has 2 aromatic carbocycles. The summed E-state index contributed by atoms with van der Waals surface area (Å²) in [6, 6.07) is 6.21. The fourth-order valence-corrected chi connectivity index (χ4v) is 5.62. The van der Waals surface area contributed by atoms with E-state index in [-0.39, 0.29) is 11.2 Å². The van der Waals surface area contributed by atoms with Gasteiger partial charge in [-0.25, -0.2) is 8.42 Å². The van der Waals surface area contributed by atoms with Gasteiger partial charge in [0, 0.05) is 19.3 Å². The molecule has 0 radical (unpaired) electrons. The van der Waals surface area contributed by atoms with Crippen molar-refractivity contribution in [2.45, 2.75) is 51.3 Å². The zero-order chi connectivity index (χ0) is 18.6. The highest BCUT2D eigenvalue weighted by atomic mass is 32.2. The summed E-state index contributed by atoms with van der Waals surface area (Å²) in [6.07, 6.45) is 4.23. The number of carbonyl (C=O) groups excluding carboxylic acids is 1. The van der Waals surface area contributed by atoms with E-state index in [2.05, 4.69) is 13.0 Å². The van der Waals surface area contributed by atoms with E-state index in [0.29, 0.717) is 19.4 Å². The fourth-order valence-electron chi connectivity index (χ4n) is 4.61. The average molecular weight is 372 g/mol. The highest BCUT2D eigenvalue weighted by Crippen LogP contribution is 2.40. The Morgan fingerprint density at radius 1 is 1.15 bits per heavy atom. The Labute approximate surface area is 155 Å². The predicted octanol–water partition coefficient (Wildman–Crippen LogP) is 3.42. The summed E-state index contributed by atoms with van der Waals surface area (Å²) in [5, 5.41) is 1.74. The zero-order valence-electron chi connectivity index (χ0n) is 15.6. The maximum absolute atomic E-state index is 13.0. The van der Waals surface area contributed by atoms with Gasteiger partial charge in [-0.05, 0) is 60.1 Å². The number of nitrogens with zero attached hydrogens (tertiary/aromatic N) is 1. The van der Waals surface area contributed by atoms with Crippen LogP contribution in [-0.2, 0) is 29.2 Å². The number of hydrogen-bond donors (Lipinski definition) is 0. The van der Waals surface area contributed by atoms with Gasteiger partial charge in [0.1, 0.15) is 0 Å². The molecule has 0 N–H and O–H groups in total. The molecule has 0 bridgehead atoms. The van der Waals surface area contributed by atoms with Crippen molar-refractivity contribution in [1.82, 2.24) is 4.90 Å². The Hall–Kier alpha value is -1.88. The molecule has 0 saturated carbocycles. The summed E-state index contributed by atoms with van der Waals surface area (Å²) < 4.78 is 24.3. The van der Waals surface area contributed by atoms with Crippen molar-refractivity contribution in [3.63, 3.8) is 0 Å². The molecule has 138 valence electrons. The van der Waals surface area contributed by atoms with Crippen LogP contribution in [0.1, 0.15) is 52.4 Å². The molecule has 1 heterocycles. The molecule has 2 aromatic rings. The molecule has 5 heteroatoms. The van der Waals surface area contributed by atoms with Gasteiger partial charge in [0.2, 0.25) is 0 Å². The summed E-state index contributed by atoms with van der Waals surface area (Å²) >= 11 is 0. The molecule has 0 saturated heterocycles. The van der Waals surface area contributed by atoms with E-state index in [1.165, 1.54) is 11.8 Å². The molecule has 1 aliphatic heterocycles. The maximum atomic E-state index is 13.0. The number of fused-ring (bicyclic) bond motifs is 6. The van der Waals surface area contributed by atoms with Crippen LogP contribution < -0.4 is 0 Å². The van der Waals surface area contributed by atoms with Gasteiger partial charge in [-0.3, -0.25) is 4.79 Å². The van der Waals surface area contributed by atoms with E-state index in [0.717, 1.165) is 52.4 Å². The van der Waals surface area contributed by atoms with Crippen molar-refractivity contribution in [3.8, 4) is 0 Å². The fraction of sp³-hybridized carbons (Fsp3) is 0.476. The van der Waals surface area contributed by atoms with Crippen LogP contribution in [0.25, 0.3) is 10.8 Å². The second-order valence-corrected chi connectivity index (χ2v) is 10.1. The van der Waals surface area contributed by atoms with E-state index >= 15 is 0 Å². The Morgan fingerprint density at radius 2 is 1.92 bits per heavy atom. The first kappa shape index (κ1) is 17.5. The summed E-state index contributed by atoms with van der Waals surface area (Å²) in [5.41, 5.74) is 5.50. The summed E-state index contributed by atoms with van der Waals surface area (Å²) in [7, 11) is -3.07. The first-order valence-electron chi connectivity index (χ1n) is 9.36. The molecule has 4 nitrogen and oxygen atoms in total. The third-order valence-electron chi connectivity index (χ3n) is 5.90. The highest BCUT2D eigenvalue weighted by molar-refractivity contribution is 7.91. The molecule has 1 aliphatic carbocycles. The summed E-state index contributed by atoms with van der Waals surface area (Å²) in [5.74, 6) is 0.128. The molecule has 0 fully saturated rings. The topological polar surface area (TPSA) is 54.5 Å². The smallest absolute Gasteiger partial charge is 0.255 e. The third kappa shape index (κ3) is 2.64. The van der Waals surface area contributed by atoms with E-state index in [9.17, 15) is 13.2 Å². The van der Waals surface area contributed by atoms with E-state index in [1.807, 2.05) is 24.0 Å². The van der Waals surface area contributed by atoms with Gasteiger partial charge in [-0.1, -0.05) is 30.7 Å². The lowest BCUT2D eigenvalue weighted by Crippen LogP contribution is -2.28. The second-order valence-electron chi connectivity index (χ2n) is 7.78. The van der Waals surface area contributed by atoms with Crippen LogP contribution >= 0.6 is 0 Å². The van der Waals surface area contributed by atoms with Crippen molar-refractivity contribution in [1.29, 1.82) is 0 Å². The maximum Gasteiger partial charge on any atom is 0.255 e. The number of sulfone groups is 1. The van der Waals surface area contributed by atoms with Crippen LogP contribution in [0, 0.1) is 6.92 Å². The Kier molecular flexibility index (Phi) is 4.10. The monoisotopic (exact) mass is 371 g/mol. The minimum absolute atomic E-state index is 0.128. The molecular formula is C21H25NO3S. The van der Waals surface area contributed by atoms with Gasteiger partial charge in [0.05, 0.1) is 10.8 Å². The van der Waals surface area contributed by atoms with Crippen molar-refractivity contribution < 1.29 is 13.2 Å². The lowest BCUT2D eigenvalue weighted by molar-refractivity contribution is 0.0780. The largest absolute Gasteiger partial charge is 0.334 e. The zero-order valence-corrected chi connectivity index (χ0v) is 16.4. The van der Waals surface area contributed by atoms with Crippen molar-refractivity contribution >= 4 is 26.5 Å². The third-order valence-corrected chi connectivity index (χ3v) is 7.51. The van der Waals surface area contributed by atoms with Crippen LogP contribution in [0.3, 0.4) is 0 Å². The summed E-state index contributed by atoms with van der Waals surface area (Å²) in [4.78, 5) is 15.0. The average Bonchev–Trinajstić information content (AvgIpc) is 2.91. The molecule has 4 rings (SSSR count). The Balaban J connectivity index is 1.97. The number of amides is 1. The molecule has 0 spiro atoms. The highest BCUT2D eigenvalue weighted by Gasteiger charge is 2.36. The van der Waals surface area contributed by atoms with Gasteiger partial charge < -0.3 is 4.90 Å². The molecular weight excluding hydrogens is 346 g/mol. The minimum atomic E-state index is -3.07. The lowest BCUT2D eigenvalue weighted by Gasteiger charge is -2.27. The van der Waals surface area contributed by atoms with Gasteiger partial charge in [-0.15, -0.1) is 0 Å².